The first-order chi connectivity index (χ1) is 9.52. The van der Waals surface area contributed by atoms with Gasteiger partial charge in [-0.1, -0.05) is 0 Å². The Balaban J connectivity index is 2.26. The fraction of sp³-hybridized carbons (Fsp3) is 0.429. The van der Waals surface area contributed by atoms with Crippen molar-refractivity contribution in [1.82, 2.24) is 10.6 Å². The zero-order valence-electron chi connectivity index (χ0n) is 11.6. The third-order valence-corrected chi connectivity index (χ3v) is 3.55. The third kappa shape index (κ3) is 6.06. The predicted molar refractivity (Wildman–Crippen MR) is 78.0 cm³/mol. The van der Waals surface area contributed by atoms with Gasteiger partial charge in [0.25, 0.3) is 0 Å². The van der Waals surface area contributed by atoms with E-state index >= 15 is 0 Å². The maximum absolute atomic E-state index is 12.7. The molecular weight excluding hydrogens is 279 g/mol. The Morgan fingerprint density at radius 2 is 1.95 bits per heavy atom. The van der Waals surface area contributed by atoms with Gasteiger partial charge in [0.15, 0.2) is 0 Å². The van der Waals surface area contributed by atoms with Gasteiger partial charge >= 0.3 is 0 Å². The van der Waals surface area contributed by atoms with E-state index in [1.54, 1.807) is 19.1 Å². The first-order valence-corrected chi connectivity index (χ1v) is 7.47. The molecule has 0 aliphatic heterocycles. The zero-order valence-corrected chi connectivity index (χ0v) is 12.4. The predicted octanol–water partition coefficient (Wildman–Crippen LogP) is 1.95. The lowest BCUT2D eigenvalue weighted by Crippen LogP contribution is -2.44. The Bertz CT molecular complexity index is 451. The second-order valence-corrected chi connectivity index (χ2v) is 5.40. The maximum Gasteiger partial charge on any atom is 0.242 e. The summed E-state index contributed by atoms with van der Waals surface area (Å²) in [4.78, 5) is 24.0. The maximum atomic E-state index is 12.7. The van der Waals surface area contributed by atoms with E-state index in [-0.39, 0.29) is 17.6 Å². The minimum absolute atomic E-state index is 0.168. The summed E-state index contributed by atoms with van der Waals surface area (Å²) in [5.41, 5.74) is 0. The molecule has 0 aliphatic carbocycles. The van der Waals surface area contributed by atoms with Gasteiger partial charge in [-0.15, -0.1) is 11.8 Å². The average Bonchev–Trinajstić information content (AvgIpc) is 2.41. The van der Waals surface area contributed by atoms with Gasteiger partial charge in [-0.2, -0.15) is 0 Å². The highest BCUT2D eigenvalue weighted by molar-refractivity contribution is 7.99. The number of carbonyl (C=O) groups excluding carboxylic acids is 2. The second kappa shape index (κ2) is 8.58. The number of amides is 2. The van der Waals surface area contributed by atoms with Crippen molar-refractivity contribution in [3.8, 4) is 0 Å². The summed E-state index contributed by atoms with van der Waals surface area (Å²) < 4.78 is 12.7. The molecule has 0 spiro atoms. The SMILES string of the molecule is CCNC(=O)[C@@H](C)NC(=O)CCSc1ccc(F)cc1. The minimum atomic E-state index is -0.529. The van der Waals surface area contributed by atoms with Crippen LogP contribution >= 0.6 is 11.8 Å². The molecular formula is C14H19FN2O2S. The van der Waals surface area contributed by atoms with Crippen molar-refractivity contribution in [3.05, 3.63) is 30.1 Å². The van der Waals surface area contributed by atoms with Crippen molar-refractivity contribution in [2.24, 2.45) is 0 Å². The lowest BCUT2D eigenvalue weighted by Gasteiger charge is -2.13. The molecule has 1 rings (SSSR count). The van der Waals surface area contributed by atoms with Crippen molar-refractivity contribution < 1.29 is 14.0 Å². The molecule has 0 heterocycles. The highest BCUT2D eigenvalue weighted by Gasteiger charge is 2.14. The Labute approximate surface area is 122 Å². The van der Waals surface area contributed by atoms with E-state index in [0.29, 0.717) is 18.7 Å². The molecule has 2 N–H and O–H groups in total. The van der Waals surface area contributed by atoms with Crippen LogP contribution in [0.15, 0.2) is 29.2 Å². The number of carbonyl (C=O) groups is 2. The molecule has 20 heavy (non-hydrogen) atoms. The number of nitrogens with one attached hydrogen (secondary N) is 2. The number of halogens is 1. The van der Waals surface area contributed by atoms with Gasteiger partial charge in [-0.25, -0.2) is 4.39 Å². The molecule has 0 fully saturated rings. The molecule has 0 radical (unpaired) electrons. The van der Waals surface area contributed by atoms with Crippen LogP contribution in [0.2, 0.25) is 0 Å². The summed E-state index contributed by atoms with van der Waals surface area (Å²) in [7, 11) is 0. The Hall–Kier alpha value is -1.56. The lowest BCUT2D eigenvalue weighted by molar-refractivity contribution is -0.128. The third-order valence-electron chi connectivity index (χ3n) is 2.53. The molecule has 1 atom stereocenters. The number of likely N-dealkylation sites (N-methyl/N-ethyl adjacent to an activating group) is 1. The van der Waals surface area contributed by atoms with Crippen molar-refractivity contribution in [1.29, 1.82) is 0 Å². The van der Waals surface area contributed by atoms with Crippen LogP contribution in [0.5, 0.6) is 0 Å². The van der Waals surface area contributed by atoms with Crippen LogP contribution in [0, 0.1) is 5.82 Å². The quantitative estimate of drug-likeness (QED) is 0.757. The van der Waals surface area contributed by atoms with E-state index in [4.69, 9.17) is 0 Å². The van der Waals surface area contributed by atoms with E-state index in [9.17, 15) is 14.0 Å². The van der Waals surface area contributed by atoms with Crippen LogP contribution in [0.4, 0.5) is 4.39 Å². The van der Waals surface area contributed by atoms with Crippen LogP contribution < -0.4 is 10.6 Å². The summed E-state index contributed by atoms with van der Waals surface area (Å²) in [6.07, 6.45) is 0.311. The molecule has 0 bridgehead atoms. The largest absolute Gasteiger partial charge is 0.355 e. The zero-order chi connectivity index (χ0) is 15.0. The number of rotatable bonds is 7. The van der Waals surface area contributed by atoms with E-state index in [0.717, 1.165) is 4.90 Å². The molecule has 0 aliphatic rings. The van der Waals surface area contributed by atoms with Crippen LogP contribution in [-0.2, 0) is 9.59 Å². The van der Waals surface area contributed by atoms with Crippen LogP contribution in [0.25, 0.3) is 0 Å². The van der Waals surface area contributed by atoms with Crippen molar-refractivity contribution in [2.75, 3.05) is 12.3 Å². The Morgan fingerprint density at radius 1 is 1.30 bits per heavy atom. The number of thioether (sulfide) groups is 1. The highest BCUT2D eigenvalue weighted by atomic mass is 32.2. The summed E-state index contributed by atoms with van der Waals surface area (Å²) in [6.45, 7) is 4.02. The van der Waals surface area contributed by atoms with Crippen LogP contribution in [0.1, 0.15) is 20.3 Å². The summed E-state index contributed by atoms with van der Waals surface area (Å²) >= 11 is 1.48. The van der Waals surface area contributed by atoms with Gasteiger partial charge in [0.1, 0.15) is 11.9 Å². The minimum Gasteiger partial charge on any atom is -0.355 e. The highest BCUT2D eigenvalue weighted by Crippen LogP contribution is 2.18. The van der Waals surface area contributed by atoms with Gasteiger partial charge < -0.3 is 10.6 Å². The molecule has 4 nitrogen and oxygen atoms in total. The summed E-state index contributed by atoms with van der Waals surface area (Å²) in [5, 5.41) is 5.28. The molecule has 2 amide bonds. The molecule has 0 aromatic heterocycles. The van der Waals surface area contributed by atoms with Crippen LogP contribution in [0.3, 0.4) is 0 Å². The molecule has 0 saturated heterocycles. The Kier molecular flexibility index (Phi) is 7.08. The summed E-state index contributed by atoms with van der Waals surface area (Å²) in [5.74, 6) is -0.0483. The van der Waals surface area contributed by atoms with E-state index in [1.165, 1.54) is 23.9 Å². The van der Waals surface area contributed by atoms with E-state index in [1.807, 2.05) is 6.92 Å². The monoisotopic (exact) mass is 298 g/mol. The van der Waals surface area contributed by atoms with Crippen LogP contribution in [-0.4, -0.2) is 30.2 Å². The summed E-state index contributed by atoms with van der Waals surface area (Å²) in [6, 6.07) is 5.60. The first-order valence-electron chi connectivity index (χ1n) is 6.48. The van der Waals surface area contributed by atoms with Gasteiger partial charge in [-0.05, 0) is 38.1 Å². The number of hydrogen-bond acceptors (Lipinski definition) is 3. The smallest absolute Gasteiger partial charge is 0.242 e. The standard InChI is InChI=1S/C14H19FN2O2S/c1-3-16-14(19)10(2)17-13(18)8-9-20-12-6-4-11(15)5-7-12/h4-7,10H,3,8-9H2,1-2H3,(H,16,19)(H,17,18)/t10-/m1/s1. The Morgan fingerprint density at radius 3 is 2.55 bits per heavy atom. The normalized spacial score (nSPS) is 11.8. The fourth-order valence-corrected chi connectivity index (χ4v) is 2.35. The molecule has 1 aromatic rings. The number of benzene rings is 1. The second-order valence-electron chi connectivity index (χ2n) is 4.24. The molecule has 0 unspecified atom stereocenters. The lowest BCUT2D eigenvalue weighted by atomic mass is 10.3. The van der Waals surface area contributed by atoms with E-state index < -0.39 is 6.04 Å². The van der Waals surface area contributed by atoms with Crippen molar-refractivity contribution in [3.63, 3.8) is 0 Å². The molecule has 0 saturated carbocycles. The van der Waals surface area contributed by atoms with E-state index in [2.05, 4.69) is 10.6 Å². The van der Waals surface area contributed by atoms with Gasteiger partial charge in [0.2, 0.25) is 11.8 Å². The molecule has 110 valence electrons. The van der Waals surface area contributed by atoms with Crippen molar-refractivity contribution >= 4 is 23.6 Å². The molecule has 1 aromatic carbocycles. The van der Waals surface area contributed by atoms with Gasteiger partial charge in [0, 0.05) is 23.6 Å². The topological polar surface area (TPSA) is 58.2 Å². The van der Waals surface area contributed by atoms with Gasteiger partial charge in [-0.3, -0.25) is 9.59 Å². The fourth-order valence-electron chi connectivity index (χ4n) is 1.50. The van der Waals surface area contributed by atoms with Crippen molar-refractivity contribution in [2.45, 2.75) is 31.2 Å². The molecule has 6 heteroatoms. The van der Waals surface area contributed by atoms with Gasteiger partial charge in [0.05, 0.1) is 0 Å². The first kappa shape index (κ1) is 16.5. The average molecular weight is 298 g/mol. The number of hydrogen-bond donors (Lipinski definition) is 2.